The first-order chi connectivity index (χ1) is 12.1. The Kier molecular flexibility index (Phi) is 5.16. The van der Waals surface area contributed by atoms with Crippen LogP contribution in [-0.2, 0) is 0 Å². The highest BCUT2D eigenvalue weighted by molar-refractivity contribution is 5.94. The van der Waals surface area contributed by atoms with Crippen LogP contribution >= 0.6 is 0 Å². The Bertz CT molecular complexity index is 721. The number of carbonyl (C=O) groups is 1. The average molecular weight is 346 g/mol. The van der Waals surface area contributed by atoms with Gasteiger partial charge >= 0.3 is 0 Å². The van der Waals surface area contributed by atoms with E-state index in [0.29, 0.717) is 12.8 Å². The predicted molar refractivity (Wildman–Crippen MR) is 92.1 cm³/mol. The molecule has 1 aliphatic rings. The SMILES string of the molecule is COc1ccc(N2CCC(NC(=O)c3c(F)cccc3F)CC2)cc1. The summed E-state index contributed by atoms with van der Waals surface area (Å²) >= 11 is 0. The lowest BCUT2D eigenvalue weighted by Gasteiger charge is -2.34. The van der Waals surface area contributed by atoms with Crippen molar-refractivity contribution in [3.05, 3.63) is 59.7 Å². The summed E-state index contributed by atoms with van der Waals surface area (Å²) in [5, 5.41) is 2.74. The summed E-state index contributed by atoms with van der Waals surface area (Å²) in [5.41, 5.74) is 0.575. The molecule has 2 aromatic rings. The Morgan fingerprint density at radius 3 is 2.24 bits per heavy atom. The number of piperidine rings is 1. The molecule has 1 N–H and O–H groups in total. The van der Waals surface area contributed by atoms with Crippen molar-refractivity contribution in [2.24, 2.45) is 0 Å². The second-order valence-electron chi connectivity index (χ2n) is 6.03. The number of hydrogen-bond acceptors (Lipinski definition) is 3. The van der Waals surface area contributed by atoms with E-state index < -0.39 is 23.1 Å². The minimum Gasteiger partial charge on any atom is -0.497 e. The van der Waals surface area contributed by atoms with Crippen LogP contribution in [-0.4, -0.2) is 32.1 Å². The summed E-state index contributed by atoms with van der Waals surface area (Å²) in [6.45, 7) is 1.52. The van der Waals surface area contributed by atoms with Crippen molar-refractivity contribution in [2.45, 2.75) is 18.9 Å². The number of methoxy groups -OCH3 is 1. The Balaban J connectivity index is 1.58. The van der Waals surface area contributed by atoms with E-state index in [4.69, 9.17) is 4.74 Å². The van der Waals surface area contributed by atoms with Crippen molar-refractivity contribution < 1.29 is 18.3 Å². The lowest BCUT2D eigenvalue weighted by atomic mass is 10.0. The largest absolute Gasteiger partial charge is 0.497 e. The van der Waals surface area contributed by atoms with E-state index in [-0.39, 0.29) is 6.04 Å². The van der Waals surface area contributed by atoms with Crippen LogP contribution < -0.4 is 15.0 Å². The van der Waals surface area contributed by atoms with Gasteiger partial charge in [0, 0.05) is 24.8 Å². The third kappa shape index (κ3) is 3.90. The maximum Gasteiger partial charge on any atom is 0.257 e. The van der Waals surface area contributed by atoms with Gasteiger partial charge in [-0.1, -0.05) is 6.07 Å². The first-order valence-corrected chi connectivity index (χ1v) is 8.22. The first kappa shape index (κ1) is 17.2. The van der Waals surface area contributed by atoms with Gasteiger partial charge in [-0.3, -0.25) is 4.79 Å². The minimum atomic E-state index is -0.840. The molecule has 0 aromatic heterocycles. The van der Waals surface area contributed by atoms with Crippen LogP contribution in [0.2, 0.25) is 0 Å². The van der Waals surface area contributed by atoms with Crippen LogP contribution in [0.3, 0.4) is 0 Å². The number of halogens is 2. The molecule has 2 aromatic carbocycles. The summed E-state index contributed by atoms with van der Waals surface area (Å²) in [6.07, 6.45) is 1.43. The Morgan fingerprint density at radius 1 is 1.08 bits per heavy atom. The van der Waals surface area contributed by atoms with Crippen molar-refractivity contribution in [3.63, 3.8) is 0 Å². The number of nitrogens with zero attached hydrogens (tertiary/aromatic N) is 1. The van der Waals surface area contributed by atoms with Gasteiger partial charge in [-0.05, 0) is 49.2 Å². The molecule has 1 heterocycles. The fourth-order valence-electron chi connectivity index (χ4n) is 3.05. The zero-order valence-electron chi connectivity index (χ0n) is 14.0. The van der Waals surface area contributed by atoms with Gasteiger partial charge < -0.3 is 15.0 Å². The van der Waals surface area contributed by atoms with Crippen LogP contribution in [0.25, 0.3) is 0 Å². The molecule has 25 heavy (non-hydrogen) atoms. The summed E-state index contributed by atoms with van der Waals surface area (Å²) in [5.74, 6) is -1.57. The molecule has 1 saturated heterocycles. The van der Waals surface area contributed by atoms with Crippen molar-refractivity contribution in [3.8, 4) is 5.75 Å². The Morgan fingerprint density at radius 2 is 1.68 bits per heavy atom. The molecule has 6 heteroatoms. The Hall–Kier alpha value is -2.63. The third-order valence-corrected chi connectivity index (χ3v) is 4.46. The molecule has 0 aliphatic carbocycles. The summed E-state index contributed by atoms with van der Waals surface area (Å²) in [7, 11) is 1.63. The molecule has 0 saturated carbocycles. The van der Waals surface area contributed by atoms with Gasteiger partial charge in [-0.15, -0.1) is 0 Å². The molecular weight excluding hydrogens is 326 g/mol. The molecule has 3 rings (SSSR count). The maximum atomic E-state index is 13.7. The minimum absolute atomic E-state index is 0.0963. The van der Waals surface area contributed by atoms with Crippen molar-refractivity contribution in [2.75, 3.05) is 25.1 Å². The fraction of sp³-hybridized carbons (Fsp3) is 0.316. The van der Waals surface area contributed by atoms with Gasteiger partial charge in [0.05, 0.1) is 7.11 Å². The maximum absolute atomic E-state index is 13.7. The summed E-state index contributed by atoms with van der Waals surface area (Å²) in [6, 6.07) is 11.1. The van der Waals surface area contributed by atoms with Gasteiger partial charge in [-0.25, -0.2) is 8.78 Å². The molecule has 1 aliphatic heterocycles. The van der Waals surface area contributed by atoms with Crippen molar-refractivity contribution in [1.82, 2.24) is 5.32 Å². The highest BCUT2D eigenvalue weighted by Crippen LogP contribution is 2.23. The molecule has 132 valence electrons. The first-order valence-electron chi connectivity index (χ1n) is 8.22. The second kappa shape index (κ2) is 7.51. The lowest BCUT2D eigenvalue weighted by Crippen LogP contribution is -2.45. The van der Waals surface area contributed by atoms with Gasteiger partial charge in [0.15, 0.2) is 0 Å². The van der Waals surface area contributed by atoms with Gasteiger partial charge in [-0.2, -0.15) is 0 Å². The molecular formula is C19H20F2N2O2. The average Bonchev–Trinajstić information content (AvgIpc) is 2.62. The number of rotatable bonds is 4. The highest BCUT2D eigenvalue weighted by Gasteiger charge is 2.24. The van der Waals surface area contributed by atoms with E-state index in [1.807, 2.05) is 24.3 Å². The monoisotopic (exact) mass is 346 g/mol. The van der Waals surface area contributed by atoms with E-state index in [1.54, 1.807) is 7.11 Å². The zero-order chi connectivity index (χ0) is 17.8. The predicted octanol–water partition coefficient (Wildman–Crippen LogP) is 3.37. The van der Waals surface area contributed by atoms with Crippen LogP contribution in [0, 0.1) is 11.6 Å². The number of benzene rings is 2. The Labute approximate surface area is 145 Å². The smallest absolute Gasteiger partial charge is 0.257 e. The number of anilines is 1. The van der Waals surface area contributed by atoms with Crippen LogP contribution in [0.1, 0.15) is 23.2 Å². The van der Waals surface area contributed by atoms with Crippen LogP contribution in [0.15, 0.2) is 42.5 Å². The van der Waals surface area contributed by atoms with E-state index >= 15 is 0 Å². The van der Waals surface area contributed by atoms with Gasteiger partial charge in [0.2, 0.25) is 0 Å². The third-order valence-electron chi connectivity index (χ3n) is 4.46. The molecule has 0 atom stereocenters. The molecule has 0 spiro atoms. The highest BCUT2D eigenvalue weighted by atomic mass is 19.1. The lowest BCUT2D eigenvalue weighted by molar-refractivity contribution is 0.0922. The van der Waals surface area contributed by atoms with Gasteiger partial charge in [0.25, 0.3) is 5.91 Å². The zero-order valence-corrected chi connectivity index (χ0v) is 14.0. The van der Waals surface area contributed by atoms with Crippen molar-refractivity contribution in [1.29, 1.82) is 0 Å². The molecule has 1 fully saturated rings. The van der Waals surface area contributed by atoms with E-state index in [0.717, 1.165) is 36.7 Å². The number of hydrogen-bond donors (Lipinski definition) is 1. The van der Waals surface area contributed by atoms with Gasteiger partial charge in [0.1, 0.15) is 22.9 Å². The number of amides is 1. The van der Waals surface area contributed by atoms with E-state index in [9.17, 15) is 13.6 Å². The van der Waals surface area contributed by atoms with Crippen LogP contribution in [0.4, 0.5) is 14.5 Å². The molecule has 0 bridgehead atoms. The number of carbonyl (C=O) groups excluding carboxylic acids is 1. The molecule has 1 amide bonds. The molecule has 0 radical (unpaired) electrons. The van der Waals surface area contributed by atoms with E-state index in [1.165, 1.54) is 6.07 Å². The topological polar surface area (TPSA) is 41.6 Å². The number of nitrogens with one attached hydrogen (secondary N) is 1. The quantitative estimate of drug-likeness (QED) is 0.923. The normalized spacial score (nSPS) is 15.1. The van der Waals surface area contributed by atoms with E-state index in [2.05, 4.69) is 10.2 Å². The van der Waals surface area contributed by atoms with Crippen LogP contribution in [0.5, 0.6) is 5.75 Å². The molecule has 4 nitrogen and oxygen atoms in total. The molecule has 0 unspecified atom stereocenters. The fourth-order valence-corrected chi connectivity index (χ4v) is 3.05. The number of ether oxygens (including phenoxy) is 1. The standard InChI is InChI=1S/C19H20F2N2O2/c1-25-15-7-5-14(6-8-15)23-11-9-13(10-12-23)22-19(24)18-16(20)3-2-4-17(18)21/h2-8,13H,9-12H2,1H3,(H,22,24). The summed E-state index contributed by atoms with van der Waals surface area (Å²) in [4.78, 5) is 14.4. The van der Waals surface area contributed by atoms with Crippen molar-refractivity contribution >= 4 is 11.6 Å². The summed E-state index contributed by atoms with van der Waals surface area (Å²) < 4.78 is 32.5. The second-order valence-corrected chi connectivity index (χ2v) is 6.03.